The summed E-state index contributed by atoms with van der Waals surface area (Å²) in [5.41, 5.74) is 1.91. The zero-order valence-corrected chi connectivity index (χ0v) is 18.3. The van der Waals surface area contributed by atoms with E-state index in [1.807, 2.05) is 32.0 Å². The molecule has 0 aromatic heterocycles. The van der Waals surface area contributed by atoms with Crippen LogP contribution in [-0.4, -0.2) is 61.2 Å². The number of carbonyl (C=O) groups excluding carboxylic acids is 1. The zero-order valence-electron chi connectivity index (χ0n) is 17.5. The minimum Gasteiger partial charge on any atom is -0.493 e. The van der Waals surface area contributed by atoms with Crippen molar-refractivity contribution in [2.45, 2.75) is 25.2 Å². The highest BCUT2D eigenvalue weighted by molar-refractivity contribution is 7.89. The number of amides is 1. The zero-order chi connectivity index (χ0) is 22.6. The topological polar surface area (TPSA) is 110 Å². The number of aryl methyl sites for hydroxylation is 2. The summed E-state index contributed by atoms with van der Waals surface area (Å²) in [5, 5.41) is 10.7. The first kappa shape index (κ1) is 22.7. The number of hydrogen-bond donors (Lipinski definition) is 0. The molecule has 1 saturated heterocycles. The van der Waals surface area contributed by atoms with E-state index < -0.39 is 14.9 Å². The molecular weight excluding hydrogens is 422 g/mol. The van der Waals surface area contributed by atoms with Gasteiger partial charge in [0.1, 0.15) is 5.75 Å². The molecule has 9 nitrogen and oxygen atoms in total. The molecular formula is C21H25N3O6S. The van der Waals surface area contributed by atoms with Crippen LogP contribution in [0.25, 0.3) is 0 Å². The number of rotatable bonds is 7. The lowest BCUT2D eigenvalue weighted by Crippen LogP contribution is -2.50. The van der Waals surface area contributed by atoms with Gasteiger partial charge in [0, 0.05) is 38.3 Å². The van der Waals surface area contributed by atoms with Gasteiger partial charge in [0.15, 0.2) is 0 Å². The summed E-state index contributed by atoms with van der Waals surface area (Å²) in [4.78, 5) is 24.3. The van der Waals surface area contributed by atoms with Crippen LogP contribution in [0.1, 0.15) is 17.5 Å². The molecule has 2 aromatic carbocycles. The second-order valence-electron chi connectivity index (χ2n) is 7.40. The molecule has 10 heteroatoms. The predicted octanol–water partition coefficient (Wildman–Crippen LogP) is 2.51. The number of non-ortho nitro benzene ring substituents is 1. The normalized spacial score (nSPS) is 15.0. The van der Waals surface area contributed by atoms with E-state index in [-0.39, 0.29) is 55.7 Å². The summed E-state index contributed by atoms with van der Waals surface area (Å²) >= 11 is 0. The number of piperazine rings is 1. The van der Waals surface area contributed by atoms with E-state index in [9.17, 15) is 23.3 Å². The molecule has 0 radical (unpaired) electrons. The smallest absolute Gasteiger partial charge is 0.269 e. The summed E-state index contributed by atoms with van der Waals surface area (Å²) in [6, 6.07) is 10.7. The Bertz CT molecular complexity index is 1060. The first-order valence-corrected chi connectivity index (χ1v) is 11.3. The highest BCUT2D eigenvalue weighted by Crippen LogP contribution is 2.22. The summed E-state index contributed by atoms with van der Waals surface area (Å²) in [6.07, 6.45) is 0.211. The van der Waals surface area contributed by atoms with Crippen molar-refractivity contribution in [2.75, 3.05) is 32.8 Å². The summed E-state index contributed by atoms with van der Waals surface area (Å²) < 4.78 is 32.6. The molecule has 1 aliphatic heterocycles. The average molecular weight is 448 g/mol. The van der Waals surface area contributed by atoms with Gasteiger partial charge in [0.05, 0.1) is 22.8 Å². The van der Waals surface area contributed by atoms with Gasteiger partial charge in [-0.05, 0) is 43.2 Å². The summed E-state index contributed by atoms with van der Waals surface area (Å²) in [6.45, 7) is 5.09. The van der Waals surface area contributed by atoms with Crippen LogP contribution in [0.15, 0.2) is 47.4 Å². The largest absolute Gasteiger partial charge is 0.493 e. The highest BCUT2D eigenvalue weighted by atomic mass is 32.2. The van der Waals surface area contributed by atoms with E-state index in [1.54, 1.807) is 4.90 Å². The Morgan fingerprint density at radius 3 is 2.32 bits per heavy atom. The van der Waals surface area contributed by atoms with Crippen LogP contribution in [0.4, 0.5) is 5.69 Å². The molecule has 31 heavy (non-hydrogen) atoms. The number of nitro groups is 1. The first-order valence-electron chi connectivity index (χ1n) is 9.91. The minimum atomic E-state index is -3.77. The molecule has 0 saturated carbocycles. The maximum Gasteiger partial charge on any atom is 0.269 e. The van der Waals surface area contributed by atoms with Crippen molar-refractivity contribution >= 4 is 21.6 Å². The van der Waals surface area contributed by atoms with E-state index in [2.05, 4.69) is 0 Å². The van der Waals surface area contributed by atoms with Gasteiger partial charge in [0.2, 0.25) is 15.9 Å². The third kappa shape index (κ3) is 5.39. The molecule has 1 amide bonds. The van der Waals surface area contributed by atoms with Crippen LogP contribution in [0.5, 0.6) is 5.75 Å². The van der Waals surface area contributed by atoms with Crippen molar-refractivity contribution in [1.29, 1.82) is 0 Å². The van der Waals surface area contributed by atoms with Gasteiger partial charge in [-0.25, -0.2) is 8.42 Å². The van der Waals surface area contributed by atoms with Crippen molar-refractivity contribution in [3.8, 4) is 5.75 Å². The lowest BCUT2D eigenvalue weighted by Gasteiger charge is -2.34. The molecule has 0 unspecified atom stereocenters. The van der Waals surface area contributed by atoms with Crippen LogP contribution < -0.4 is 4.74 Å². The number of carbonyl (C=O) groups is 1. The molecule has 0 spiro atoms. The fourth-order valence-electron chi connectivity index (χ4n) is 3.34. The van der Waals surface area contributed by atoms with Crippen molar-refractivity contribution in [3.05, 3.63) is 63.7 Å². The SMILES string of the molecule is Cc1ccc(C)c(OCCC(=O)N2CCN(S(=O)(=O)c3ccc([N+](=O)[O-])cc3)CC2)c1. The molecule has 1 heterocycles. The molecule has 0 N–H and O–H groups in total. The predicted molar refractivity (Wildman–Crippen MR) is 114 cm³/mol. The lowest BCUT2D eigenvalue weighted by atomic mass is 10.1. The van der Waals surface area contributed by atoms with Crippen molar-refractivity contribution in [1.82, 2.24) is 9.21 Å². The maximum absolute atomic E-state index is 12.8. The molecule has 2 aromatic rings. The quantitative estimate of drug-likeness (QED) is 0.476. The third-order valence-electron chi connectivity index (χ3n) is 5.19. The number of sulfonamides is 1. The van der Waals surface area contributed by atoms with E-state index >= 15 is 0 Å². The van der Waals surface area contributed by atoms with Crippen molar-refractivity contribution < 1.29 is 22.9 Å². The Kier molecular flexibility index (Phi) is 6.91. The Hall–Kier alpha value is -2.98. The van der Waals surface area contributed by atoms with Crippen molar-refractivity contribution in [3.63, 3.8) is 0 Å². The molecule has 1 fully saturated rings. The molecule has 0 bridgehead atoms. The number of nitrogens with zero attached hydrogens (tertiary/aromatic N) is 3. The van der Waals surface area contributed by atoms with Gasteiger partial charge in [-0.15, -0.1) is 0 Å². The maximum atomic E-state index is 12.8. The number of ether oxygens (including phenoxy) is 1. The second kappa shape index (κ2) is 9.44. The van der Waals surface area contributed by atoms with Gasteiger partial charge in [-0.3, -0.25) is 14.9 Å². The average Bonchev–Trinajstić information content (AvgIpc) is 2.76. The van der Waals surface area contributed by atoms with Gasteiger partial charge >= 0.3 is 0 Å². The van der Waals surface area contributed by atoms with Gasteiger partial charge in [0.25, 0.3) is 5.69 Å². The second-order valence-corrected chi connectivity index (χ2v) is 9.34. The lowest BCUT2D eigenvalue weighted by molar-refractivity contribution is -0.384. The number of nitro benzene ring substituents is 1. The van der Waals surface area contributed by atoms with Gasteiger partial charge in [-0.2, -0.15) is 4.31 Å². The van der Waals surface area contributed by atoms with Crippen molar-refractivity contribution in [2.24, 2.45) is 0 Å². The number of hydrogen-bond acceptors (Lipinski definition) is 6. The Morgan fingerprint density at radius 2 is 1.71 bits per heavy atom. The number of benzene rings is 2. The fraction of sp³-hybridized carbons (Fsp3) is 0.381. The Labute approximate surface area is 181 Å². The monoisotopic (exact) mass is 447 g/mol. The van der Waals surface area contributed by atoms with E-state index in [4.69, 9.17) is 4.74 Å². The first-order chi connectivity index (χ1) is 14.7. The van der Waals surface area contributed by atoms with Crippen LogP contribution in [0, 0.1) is 24.0 Å². The molecule has 166 valence electrons. The molecule has 0 aliphatic carbocycles. The van der Waals surface area contributed by atoms with E-state index in [0.29, 0.717) is 0 Å². The fourth-order valence-corrected chi connectivity index (χ4v) is 4.76. The molecule has 0 atom stereocenters. The molecule has 1 aliphatic rings. The standard InChI is InChI=1S/C21H25N3O6S/c1-16-3-4-17(2)20(15-16)30-14-9-21(25)22-10-12-23(13-11-22)31(28,29)19-7-5-18(6-8-19)24(26)27/h3-8,15H,9-14H2,1-2H3. The van der Waals surface area contributed by atoms with E-state index in [1.165, 1.54) is 28.6 Å². The highest BCUT2D eigenvalue weighted by Gasteiger charge is 2.30. The van der Waals surface area contributed by atoms with Crippen LogP contribution >= 0.6 is 0 Å². The summed E-state index contributed by atoms with van der Waals surface area (Å²) in [7, 11) is -3.77. The minimum absolute atomic E-state index is 0.000184. The van der Waals surface area contributed by atoms with E-state index in [0.717, 1.165) is 16.9 Å². The van der Waals surface area contributed by atoms with Crippen LogP contribution in [0.3, 0.4) is 0 Å². The Balaban J connectivity index is 1.51. The van der Waals surface area contributed by atoms with Crippen LogP contribution in [0.2, 0.25) is 0 Å². The van der Waals surface area contributed by atoms with Crippen LogP contribution in [-0.2, 0) is 14.8 Å². The van der Waals surface area contributed by atoms with Gasteiger partial charge in [-0.1, -0.05) is 12.1 Å². The third-order valence-corrected chi connectivity index (χ3v) is 7.11. The van der Waals surface area contributed by atoms with Gasteiger partial charge < -0.3 is 9.64 Å². The Morgan fingerprint density at radius 1 is 1.06 bits per heavy atom. The molecule has 3 rings (SSSR count). The summed E-state index contributed by atoms with van der Waals surface area (Å²) in [5.74, 6) is 0.671.